The van der Waals surface area contributed by atoms with Crippen molar-refractivity contribution in [2.75, 3.05) is 31.2 Å². The molecule has 9 nitrogen and oxygen atoms in total. The van der Waals surface area contributed by atoms with Crippen LogP contribution in [0.5, 0.6) is 5.75 Å². The van der Waals surface area contributed by atoms with Crippen LogP contribution in [0, 0.1) is 11.8 Å². The van der Waals surface area contributed by atoms with Gasteiger partial charge in [0.05, 0.1) is 37.2 Å². The number of carbonyl (C=O) groups is 3. The predicted octanol–water partition coefficient (Wildman–Crippen LogP) is 3.96. The molecule has 2 aromatic rings. The average Bonchev–Trinajstić information content (AvgIpc) is 3.68. The van der Waals surface area contributed by atoms with Crippen molar-refractivity contribution in [1.29, 1.82) is 0 Å². The number of hydrogen-bond donors (Lipinski definition) is 1. The molecule has 3 aliphatic rings. The molecule has 3 amide bonds. The number of carbonyl (C=O) groups excluding carboxylic acids is 3. The summed E-state index contributed by atoms with van der Waals surface area (Å²) < 4.78 is 12.3. The van der Waals surface area contributed by atoms with Crippen LogP contribution in [0.15, 0.2) is 79.9 Å². The van der Waals surface area contributed by atoms with Crippen LogP contribution < -0.4 is 9.64 Å². The Morgan fingerprint density at radius 1 is 1.09 bits per heavy atom. The van der Waals surface area contributed by atoms with Gasteiger partial charge in [0.15, 0.2) is 0 Å². The van der Waals surface area contributed by atoms with Crippen LogP contribution in [0.4, 0.5) is 5.69 Å². The largest absolute Gasteiger partial charge is 0.494 e. The van der Waals surface area contributed by atoms with Crippen molar-refractivity contribution in [3.63, 3.8) is 0 Å². The molecule has 1 spiro atoms. The van der Waals surface area contributed by atoms with E-state index in [1.165, 1.54) is 4.90 Å². The van der Waals surface area contributed by atoms with Gasteiger partial charge in [-0.3, -0.25) is 14.4 Å². The number of amides is 3. The fourth-order valence-corrected chi connectivity index (χ4v) is 7.34. The Balaban J connectivity index is 1.53. The molecule has 3 saturated heterocycles. The van der Waals surface area contributed by atoms with E-state index in [9.17, 15) is 19.5 Å². The molecule has 234 valence electrons. The Labute approximate surface area is 259 Å². The van der Waals surface area contributed by atoms with Crippen molar-refractivity contribution in [2.45, 2.75) is 63.4 Å². The summed E-state index contributed by atoms with van der Waals surface area (Å²) in [5, 5.41) is 10.4. The first-order valence-electron chi connectivity index (χ1n) is 15.5. The van der Waals surface area contributed by atoms with Crippen molar-refractivity contribution in [1.82, 2.24) is 9.80 Å². The molecular formula is C35H43N3O6. The van der Waals surface area contributed by atoms with Gasteiger partial charge in [-0.05, 0) is 56.0 Å². The Morgan fingerprint density at radius 2 is 1.80 bits per heavy atom. The Bertz CT molecular complexity index is 1360. The molecule has 0 saturated carbocycles. The molecule has 9 heteroatoms. The van der Waals surface area contributed by atoms with E-state index in [0.717, 1.165) is 5.56 Å². The summed E-state index contributed by atoms with van der Waals surface area (Å²) >= 11 is 0. The highest BCUT2D eigenvalue weighted by Gasteiger charge is 2.75. The van der Waals surface area contributed by atoms with E-state index in [4.69, 9.17) is 9.47 Å². The van der Waals surface area contributed by atoms with Crippen molar-refractivity contribution in [3.05, 3.63) is 85.5 Å². The third-order valence-electron chi connectivity index (χ3n) is 9.25. The quantitative estimate of drug-likeness (QED) is 0.329. The number of hydrogen-bond acceptors (Lipinski definition) is 6. The summed E-state index contributed by atoms with van der Waals surface area (Å²) in [6.07, 6.45) is 4.31. The first kappa shape index (κ1) is 31.5. The second-order valence-electron chi connectivity index (χ2n) is 11.7. The Hall–Kier alpha value is -3.95. The molecule has 2 unspecified atom stereocenters. The minimum absolute atomic E-state index is 0.240. The summed E-state index contributed by atoms with van der Waals surface area (Å²) in [5.74, 6) is -1.74. The third-order valence-corrected chi connectivity index (χ3v) is 9.25. The summed E-state index contributed by atoms with van der Waals surface area (Å²) in [4.78, 5) is 48.3. The summed E-state index contributed by atoms with van der Waals surface area (Å²) in [5.41, 5.74) is 0.435. The maximum Gasteiger partial charge on any atom is 0.249 e. The normalized spacial score (nSPS) is 25.8. The molecule has 2 aromatic carbocycles. The van der Waals surface area contributed by atoms with Crippen LogP contribution in [0.25, 0.3) is 0 Å². The zero-order valence-corrected chi connectivity index (χ0v) is 25.6. The van der Waals surface area contributed by atoms with Gasteiger partial charge in [-0.2, -0.15) is 0 Å². The lowest BCUT2D eigenvalue weighted by molar-refractivity contribution is -0.151. The van der Waals surface area contributed by atoms with E-state index >= 15 is 0 Å². The first-order chi connectivity index (χ1) is 21.3. The number of anilines is 1. The van der Waals surface area contributed by atoms with E-state index in [1.54, 1.807) is 22.0 Å². The molecule has 0 radical (unpaired) electrons. The van der Waals surface area contributed by atoms with Gasteiger partial charge in [0.25, 0.3) is 0 Å². The maximum atomic E-state index is 14.6. The van der Waals surface area contributed by atoms with E-state index in [2.05, 4.69) is 13.2 Å². The number of rotatable bonds is 14. The third kappa shape index (κ3) is 5.43. The fourth-order valence-electron chi connectivity index (χ4n) is 7.34. The van der Waals surface area contributed by atoms with Gasteiger partial charge in [-0.1, -0.05) is 49.4 Å². The number of likely N-dealkylation sites (tertiary alicyclic amines) is 1. The predicted molar refractivity (Wildman–Crippen MR) is 168 cm³/mol. The second kappa shape index (κ2) is 13.4. The van der Waals surface area contributed by atoms with Crippen molar-refractivity contribution >= 4 is 23.4 Å². The van der Waals surface area contributed by atoms with E-state index in [-0.39, 0.29) is 37.4 Å². The van der Waals surface area contributed by atoms with Gasteiger partial charge >= 0.3 is 0 Å². The van der Waals surface area contributed by atoms with E-state index in [0.29, 0.717) is 43.9 Å². The highest BCUT2D eigenvalue weighted by Crippen LogP contribution is 2.59. The molecule has 44 heavy (non-hydrogen) atoms. The lowest BCUT2D eigenvalue weighted by atomic mass is 9.70. The fraction of sp³-hybridized carbons (Fsp3) is 0.457. The molecule has 1 N–H and O–H groups in total. The van der Waals surface area contributed by atoms with Gasteiger partial charge in [-0.15, -0.1) is 13.2 Å². The number of aliphatic hydroxyl groups excluding tert-OH is 1. The number of fused-ring (bicyclic) bond motifs is 1. The zero-order chi connectivity index (χ0) is 31.4. The minimum atomic E-state index is -1.17. The van der Waals surface area contributed by atoms with Gasteiger partial charge < -0.3 is 29.3 Å². The molecule has 6 atom stereocenters. The van der Waals surface area contributed by atoms with Gasteiger partial charge in [0, 0.05) is 25.3 Å². The standard InChI is InChI=1S/C35H43N3O6/c1-5-20-36(22-24-12-10-9-11-13-24)34(42)31-35-19-18-28(44-35)29(30(35)33(41)38(31)25(7-3)23-39)32(40)37(21-6-2)26-14-16-27(17-15-26)43-8-4/h5-6,9-17,25,28-31,39H,1-2,7-8,18-23H2,3-4H3/t25-,28+,29-,30-,31?,35?/m0/s1. The van der Waals surface area contributed by atoms with Crippen LogP contribution in [-0.2, 0) is 25.7 Å². The number of ether oxygens (including phenoxy) is 2. The van der Waals surface area contributed by atoms with Gasteiger partial charge in [0.2, 0.25) is 17.7 Å². The van der Waals surface area contributed by atoms with Crippen molar-refractivity contribution < 1.29 is 29.0 Å². The molecule has 0 aromatic heterocycles. The Kier molecular flexibility index (Phi) is 9.56. The van der Waals surface area contributed by atoms with Crippen LogP contribution in [0.1, 0.15) is 38.7 Å². The van der Waals surface area contributed by atoms with Gasteiger partial charge in [0.1, 0.15) is 17.4 Å². The summed E-state index contributed by atoms with van der Waals surface area (Å²) in [7, 11) is 0. The lowest BCUT2D eigenvalue weighted by Gasteiger charge is -2.39. The summed E-state index contributed by atoms with van der Waals surface area (Å²) in [6, 6.07) is 15.4. The minimum Gasteiger partial charge on any atom is -0.494 e. The first-order valence-corrected chi connectivity index (χ1v) is 15.5. The molecule has 3 fully saturated rings. The molecule has 3 heterocycles. The van der Waals surface area contributed by atoms with Gasteiger partial charge in [-0.25, -0.2) is 0 Å². The lowest BCUT2D eigenvalue weighted by Crippen LogP contribution is -2.58. The molecule has 5 rings (SSSR count). The molecule has 3 aliphatic heterocycles. The van der Waals surface area contributed by atoms with Crippen LogP contribution in [0.2, 0.25) is 0 Å². The second-order valence-corrected chi connectivity index (χ2v) is 11.7. The maximum absolute atomic E-state index is 14.6. The average molecular weight is 602 g/mol. The topological polar surface area (TPSA) is 99.6 Å². The van der Waals surface area contributed by atoms with Crippen molar-refractivity contribution in [2.24, 2.45) is 11.8 Å². The SMILES string of the molecule is C=CCN(Cc1ccccc1)C(=O)C1N([C@@H](CC)CO)C(=O)[C@@H]2[C@@H](C(=O)N(CC=C)c3ccc(OCC)cc3)[C@H]3CCC12O3. The van der Waals surface area contributed by atoms with E-state index < -0.39 is 35.6 Å². The summed E-state index contributed by atoms with van der Waals surface area (Å²) in [6.45, 7) is 12.6. The zero-order valence-electron chi connectivity index (χ0n) is 25.6. The molecule has 0 aliphatic carbocycles. The van der Waals surface area contributed by atoms with Crippen LogP contribution >= 0.6 is 0 Å². The Morgan fingerprint density at radius 3 is 2.41 bits per heavy atom. The number of benzene rings is 2. The van der Waals surface area contributed by atoms with E-state index in [1.807, 2.05) is 68.4 Å². The van der Waals surface area contributed by atoms with Crippen molar-refractivity contribution in [3.8, 4) is 5.75 Å². The monoisotopic (exact) mass is 601 g/mol. The number of nitrogens with zero attached hydrogens (tertiary/aromatic N) is 3. The molecular weight excluding hydrogens is 558 g/mol. The number of aliphatic hydroxyl groups is 1. The smallest absolute Gasteiger partial charge is 0.249 e. The van der Waals surface area contributed by atoms with Crippen LogP contribution in [0.3, 0.4) is 0 Å². The highest BCUT2D eigenvalue weighted by molar-refractivity contribution is 6.03. The molecule has 2 bridgehead atoms. The highest BCUT2D eigenvalue weighted by atomic mass is 16.5. The van der Waals surface area contributed by atoms with Crippen LogP contribution in [-0.4, -0.2) is 82.7 Å².